The average molecular weight is 632 g/mol. The fourth-order valence-electron chi connectivity index (χ4n) is 4.04. The SMILES string of the molecule is O=C(Oc1ccccc1C=NNC(=O)c1[nH]c2c(Cl)cc(Cl)cc2c1-c1ccccc1Cl)c1ccc(Cl)cc1Cl. The second-order valence-corrected chi connectivity index (χ2v) is 10.5. The van der Waals surface area contributed by atoms with Crippen LogP contribution in [0.25, 0.3) is 22.0 Å². The highest BCUT2D eigenvalue weighted by Gasteiger charge is 2.22. The third-order valence-electron chi connectivity index (χ3n) is 5.84. The summed E-state index contributed by atoms with van der Waals surface area (Å²) in [5.41, 5.74) is 4.92. The normalized spacial score (nSPS) is 11.2. The quantitative estimate of drug-likeness (QED) is 0.0849. The van der Waals surface area contributed by atoms with Gasteiger partial charge in [-0.1, -0.05) is 88.3 Å². The van der Waals surface area contributed by atoms with Gasteiger partial charge in [-0.25, -0.2) is 10.2 Å². The number of esters is 1. The Labute approximate surface area is 253 Å². The van der Waals surface area contributed by atoms with Crippen LogP contribution in [0, 0.1) is 0 Å². The van der Waals surface area contributed by atoms with Gasteiger partial charge in [-0.05, 0) is 48.5 Å². The van der Waals surface area contributed by atoms with Crippen LogP contribution >= 0.6 is 58.0 Å². The van der Waals surface area contributed by atoms with Gasteiger partial charge in [-0.2, -0.15) is 5.10 Å². The molecule has 40 heavy (non-hydrogen) atoms. The van der Waals surface area contributed by atoms with Gasteiger partial charge in [-0.15, -0.1) is 0 Å². The molecule has 2 N–H and O–H groups in total. The van der Waals surface area contributed by atoms with Crippen molar-refractivity contribution < 1.29 is 14.3 Å². The zero-order valence-corrected chi connectivity index (χ0v) is 23.9. The first-order valence-electron chi connectivity index (χ1n) is 11.6. The number of amides is 1. The van der Waals surface area contributed by atoms with Gasteiger partial charge in [0.05, 0.1) is 27.3 Å². The van der Waals surface area contributed by atoms with Crippen LogP contribution in [0.5, 0.6) is 5.75 Å². The Balaban J connectivity index is 1.43. The number of ether oxygens (including phenoxy) is 1. The van der Waals surface area contributed by atoms with Crippen LogP contribution in [-0.4, -0.2) is 23.1 Å². The molecule has 6 nitrogen and oxygen atoms in total. The first-order valence-corrected chi connectivity index (χ1v) is 13.5. The molecule has 0 atom stereocenters. The summed E-state index contributed by atoms with van der Waals surface area (Å²) in [4.78, 5) is 29.1. The largest absolute Gasteiger partial charge is 0.422 e. The summed E-state index contributed by atoms with van der Waals surface area (Å²) in [5.74, 6) is -1.03. The van der Waals surface area contributed by atoms with Crippen molar-refractivity contribution in [3.8, 4) is 16.9 Å². The fourth-order valence-corrected chi connectivity index (χ4v) is 5.30. The third-order valence-corrected chi connectivity index (χ3v) is 7.23. The lowest BCUT2D eigenvalue weighted by Gasteiger charge is -2.09. The lowest BCUT2D eigenvalue weighted by Crippen LogP contribution is -2.19. The molecule has 11 heteroatoms. The molecule has 1 amide bonds. The summed E-state index contributed by atoms with van der Waals surface area (Å²) >= 11 is 31.2. The van der Waals surface area contributed by atoms with Crippen molar-refractivity contribution in [1.29, 1.82) is 0 Å². The Kier molecular flexibility index (Phi) is 8.35. The minimum absolute atomic E-state index is 0.149. The Morgan fingerprint density at radius 2 is 1.52 bits per heavy atom. The number of hydrazone groups is 1. The molecule has 200 valence electrons. The van der Waals surface area contributed by atoms with E-state index >= 15 is 0 Å². The topological polar surface area (TPSA) is 83.5 Å². The van der Waals surface area contributed by atoms with E-state index in [1.807, 2.05) is 6.07 Å². The summed E-state index contributed by atoms with van der Waals surface area (Å²) in [7, 11) is 0. The molecular formula is C29H16Cl5N3O3. The number of hydrogen-bond donors (Lipinski definition) is 2. The van der Waals surface area contributed by atoms with Crippen molar-refractivity contribution >= 4 is 87.0 Å². The number of aromatic nitrogens is 1. The maximum absolute atomic E-state index is 13.3. The fraction of sp³-hybridized carbons (Fsp3) is 0. The van der Waals surface area contributed by atoms with Crippen molar-refractivity contribution in [1.82, 2.24) is 10.4 Å². The molecule has 0 unspecified atom stereocenters. The minimum Gasteiger partial charge on any atom is -0.422 e. The van der Waals surface area contributed by atoms with Crippen molar-refractivity contribution in [2.45, 2.75) is 0 Å². The Bertz CT molecular complexity index is 1820. The number of carbonyl (C=O) groups excluding carboxylic acids is 2. The molecular weight excluding hydrogens is 616 g/mol. The molecule has 0 spiro atoms. The number of H-pyrrole nitrogens is 1. The molecule has 0 aliphatic carbocycles. The molecule has 0 radical (unpaired) electrons. The van der Waals surface area contributed by atoms with Gasteiger partial charge in [0.2, 0.25) is 0 Å². The first kappa shape index (κ1) is 28.0. The van der Waals surface area contributed by atoms with E-state index in [0.29, 0.717) is 47.7 Å². The smallest absolute Gasteiger partial charge is 0.345 e. The molecule has 0 saturated carbocycles. The predicted molar refractivity (Wildman–Crippen MR) is 162 cm³/mol. The van der Waals surface area contributed by atoms with Crippen LogP contribution in [0.15, 0.2) is 84.0 Å². The highest BCUT2D eigenvalue weighted by molar-refractivity contribution is 6.40. The third kappa shape index (κ3) is 5.82. The van der Waals surface area contributed by atoms with Gasteiger partial charge in [0.15, 0.2) is 0 Å². The summed E-state index contributed by atoms with van der Waals surface area (Å²) in [6, 6.07) is 21.5. The van der Waals surface area contributed by atoms with E-state index in [1.165, 1.54) is 24.4 Å². The zero-order chi connectivity index (χ0) is 28.4. The summed E-state index contributed by atoms with van der Waals surface area (Å²) < 4.78 is 5.53. The second kappa shape index (κ2) is 11.9. The minimum atomic E-state index is -0.676. The molecule has 5 aromatic rings. The number of rotatable bonds is 6. The van der Waals surface area contributed by atoms with Crippen molar-refractivity contribution in [3.63, 3.8) is 0 Å². The zero-order valence-electron chi connectivity index (χ0n) is 20.1. The van der Waals surface area contributed by atoms with Gasteiger partial charge in [0.1, 0.15) is 11.4 Å². The van der Waals surface area contributed by atoms with Gasteiger partial charge in [0.25, 0.3) is 5.91 Å². The molecule has 1 aromatic heterocycles. The van der Waals surface area contributed by atoms with Crippen LogP contribution in [0.3, 0.4) is 0 Å². The molecule has 0 saturated heterocycles. The Morgan fingerprint density at radius 1 is 0.800 bits per heavy atom. The summed E-state index contributed by atoms with van der Waals surface area (Å²) in [6.07, 6.45) is 1.35. The van der Waals surface area contributed by atoms with Gasteiger partial charge in [-0.3, -0.25) is 4.79 Å². The van der Waals surface area contributed by atoms with E-state index in [1.54, 1.807) is 54.6 Å². The maximum Gasteiger partial charge on any atom is 0.345 e. The van der Waals surface area contributed by atoms with E-state index in [9.17, 15) is 9.59 Å². The van der Waals surface area contributed by atoms with Gasteiger partial charge in [0, 0.05) is 37.1 Å². The van der Waals surface area contributed by atoms with Crippen molar-refractivity contribution in [2.75, 3.05) is 0 Å². The highest BCUT2D eigenvalue weighted by Crippen LogP contribution is 2.40. The lowest BCUT2D eigenvalue weighted by atomic mass is 10.0. The van der Waals surface area contributed by atoms with Crippen molar-refractivity contribution in [2.24, 2.45) is 5.10 Å². The predicted octanol–water partition coefficient (Wildman–Crippen LogP) is 9.08. The number of nitrogens with one attached hydrogen (secondary N) is 2. The standard InChI is InChI=1S/C29H16Cl5N3O3/c30-16-9-10-19(22(33)12-16)29(39)40-24-8-4-1-5-15(24)14-35-37-28(38)27-25(18-6-2-3-7-21(18)32)20-11-17(31)13-23(34)26(20)36-27/h1-14,36H,(H,37,38). The maximum atomic E-state index is 13.3. The Morgan fingerprint density at radius 3 is 2.30 bits per heavy atom. The molecule has 0 aliphatic rings. The van der Waals surface area contributed by atoms with Crippen LogP contribution in [0.2, 0.25) is 25.1 Å². The van der Waals surface area contributed by atoms with Crippen LogP contribution < -0.4 is 10.2 Å². The van der Waals surface area contributed by atoms with E-state index in [0.717, 1.165) is 0 Å². The number of nitrogens with zero attached hydrogens (tertiary/aromatic N) is 1. The highest BCUT2D eigenvalue weighted by atomic mass is 35.5. The number of hydrogen-bond acceptors (Lipinski definition) is 4. The molecule has 4 aromatic carbocycles. The molecule has 0 bridgehead atoms. The van der Waals surface area contributed by atoms with Crippen molar-refractivity contribution in [3.05, 3.63) is 121 Å². The molecule has 0 fully saturated rings. The van der Waals surface area contributed by atoms with E-state index in [4.69, 9.17) is 62.7 Å². The van der Waals surface area contributed by atoms with E-state index < -0.39 is 11.9 Å². The number of benzene rings is 4. The van der Waals surface area contributed by atoms with Gasteiger partial charge < -0.3 is 9.72 Å². The number of carbonyl (C=O) groups is 2. The molecule has 0 aliphatic heterocycles. The molecule has 1 heterocycles. The number of aromatic amines is 1. The van der Waals surface area contributed by atoms with Gasteiger partial charge >= 0.3 is 5.97 Å². The van der Waals surface area contributed by atoms with Crippen LogP contribution in [0.4, 0.5) is 0 Å². The second-order valence-electron chi connectivity index (χ2n) is 8.42. The van der Waals surface area contributed by atoms with Crippen LogP contribution in [-0.2, 0) is 0 Å². The number of para-hydroxylation sites is 1. The monoisotopic (exact) mass is 629 g/mol. The van der Waals surface area contributed by atoms with Crippen LogP contribution in [0.1, 0.15) is 26.4 Å². The molecule has 5 rings (SSSR count). The first-order chi connectivity index (χ1) is 19.2. The number of fused-ring (bicyclic) bond motifs is 1. The van der Waals surface area contributed by atoms with E-state index in [-0.39, 0.29) is 22.0 Å². The lowest BCUT2D eigenvalue weighted by molar-refractivity contribution is 0.0734. The average Bonchev–Trinajstić information content (AvgIpc) is 3.29. The summed E-state index contributed by atoms with van der Waals surface area (Å²) in [5, 5.41) is 6.44. The number of halogens is 5. The summed E-state index contributed by atoms with van der Waals surface area (Å²) in [6.45, 7) is 0. The van der Waals surface area contributed by atoms with E-state index in [2.05, 4.69) is 15.5 Å². The Hall–Kier alpha value is -3.52.